The summed E-state index contributed by atoms with van der Waals surface area (Å²) in [6.07, 6.45) is 0. The molecule has 0 unspecified atom stereocenters. The van der Waals surface area contributed by atoms with Crippen molar-refractivity contribution in [2.75, 3.05) is 6.54 Å². The zero-order valence-electron chi connectivity index (χ0n) is 12.2. The summed E-state index contributed by atoms with van der Waals surface area (Å²) >= 11 is 0. The Morgan fingerprint density at radius 3 is 2.18 bits per heavy atom. The molecule has 2 N–H and O–H groups in total. The molecule has 1 saturated carbocycles. The number of nitrogens with two attached hydrogens (primary N) is 1. The molecule has 3 atom stereocenters. The van der Waals surface area contributed by atoms with E-state index in [1.165, 1.54) is 12.1 Å². The SMILES string of the molecule is Cc1ccc(S(=O)(=O)[C@@H]2[C@H](CN)[C@@H]2c2ccc(F)cc2)cc1. The molecule has 1 fully saturated rings. The Bertz CT molecular complexity index is 769. The summed E-state index contributed by atoms with van der Waals surface area (Å²) < 4.78 is 38.6. The van der Waals surface area contributed by atoms with Crippen molar-refractivity contribution in [3.8, 4) is 0 Å². The summed E-state index contributed by atoms with van der Waals surface area (Å²) in [6, 6.07) is 12.9. The normalized spacial score (nSPS) is 24.2. The Hall–Kier alpha value is -1.72. The van der Waals surface area contributed by atoms with Crippen LogP contribution in [0.2, 0.25) is 0 Å². The van der Waals surface area contributed by atoms with Crippen LogP contribution in [-0.2, 0) is 9.84 Å². The van der Waals surface area contributed by atoms with Crippen molar-refractivity contribution >= 4 is 9.84 Å². The Labute approximate surface area is 129 Å². The minimum Gasteiger partial charge on any atom is -0.330 e. The maximum atomic E-state index is 13.0. The number of aryl methyl sites for hydroxylation is 1. The van der Waals surface area contributed by atoms with Gasteiger partial charge in [0.1, 0.15) is 5.82 Å². The molecule has 0 saturated heterocycles. The summed E-state index contributed by atoms with van der Waals surface area (Å²) in [6.45, 7) is 2.22. The van der Waals surface area contributed by atoms with Gasteiger partial charge < -0.3 is 5.73 Å². The first kappa shape index (κ1) is 15.2. The van der Waals surface area contributed by atoms with Gasteiger partial charge in [-0.25, -0.2) is 12.8 Å². The average molecular weight is 319 g/mol. The van der Waals surface area contributed by atoms with Gasteiger partial charge in [-0.2, -0.15) is 0 Å². The number of halogens is 1. The van der Waals surface area contributed by atoms with Crippen LogP contribution in [0.25, 0.3) is 0 Å². The predicted molar refractivity (Wildman–Crippen MR) is 83.8 cm³/mol. The molecule has 3 rings (SSSR count). The van der Waals surface area contributed by atoms with E-state index in [2.05, 4.69) is 0 Å². The molecule has 0 radical (unpaired) electrons. The van der Waals surface area contributed by atoms with Gasteiger partial charge in [-0.05, 0) is 49.2 Å². The van der Waals surface area contributed by atoms with Crippen LogP contribution in [0.5, 0.6) is 0 Å². The van der Waals surface area contributed by atoms with Gasteiger partial charge in [-0.15, -0.1) is 0 Å². The second-order valence-corrected chi connectivity index (χ2v) is 7.91. The fourth-order valence-corrected chi connectivity index (χ4v) is 5.28. The standard InChI is InChI=1S/C17H18FNO2S/c1-11-2-8-14(9-3-11)22(20,21)17-15(10-19)16(17)12-4-6-13(18)7-5-12/h2-9,15-17H,10,19H2,1H3/t15-,16+,17-/m1/s1. The highest BCUT2D eigenvalue weighted by molar-refractivity contribution is 7.92. The molecule has 0 aliphatic heterocycles. The number of sulfone groups is 1. The molecule has 0 heterocycles. The van der Waals surface area contributed by atoms with Crippen LogP contribution in [0.3, 0.4) is 0 Å². The topological polar surface area (TPSA) is 60.2 Å². The molecule has 0 spiro atoms. The van der Waals surface area contributed by atoms with Gasteiger partial charge in [-0.1, -0.05) is 29.8 Å². The average Bonchev–Trinajstić information content (AvgIpc) is 3.24. The van der Waals surface area contributed by atoms with Gasteiger partial charge in [0.2, 0.25) is 0 Å². The number of benzene rings is 2. The summed E-state index contributed by atoms with van der Waals surface area (Å²) in [4.78, 5) is 0.325. The molecule has 22 heavy (non-hydrogen) atoms. The van der Waals surface area contributed by atoms with E-state index < -0.39 is 15.1 Å². The van der Waals surface area contributed by atoms with Gasteiger partial charge in [0.05, 0.1) is 10.1 Å². The Morgan fingerprint density at radius 1 is 1.05 bits per heavy atom. The number of hydrogen-bond donors (Lipinski definition) is 1. The first-order valence-electron chi connectivity index (χ1n) is 7.21. The van der Waals surface area contributed by atoms with Crippen molar-refractivity contribution in [2.45, 2.75) is 23.0 Å². The van der Waals surface area contributed by atoms with Crippen LogP contribution in [0.4, 0.5) is 4.39 Å². The predicted octanol–water partition coefficient (Wildman–Crippen LogP) is 2.65. The summed E-state index contributed by atoms with van der Waals surface area (Å²) in [5, 5.41) is -0.523. The molecule has 2 aromatic carbocycles. The van der Waals surface area contributed by atoms with Crippen molar-refractivity contribution in [3.63, 3.8) is 0 Å². The molecule has 0 amide bonds. The van der Waals surface area contributed by atoms with Crippen LogP contribution >= 0.6 is 0 Å². The van der Waals surface area contributed by atoms with Crippen molar-refractivity contribution in [1.82, 2.24) is 0 Å². The van der Waals surface area contributed by atoms with E-state index in [4.69, 9.17) is 5.73 Å². The van der Waals surface area contributed by atoms with E-state index in [0.29, 0.717) is 11.4 Å². The van der Waals surface area contributed by atoms with Crippen LogP contribution in [-0.4, -0.2) is 20.2 Å². The maximum absolute atomic E-state index is 13.0. The van der Waals surface area contributed by atoms with Gasteiger partial charge in [0, 0.05) is 5.92 Å². The number of rotatable bonds is 4. The van der Waals surface area contributed by atoms with Gasteiger partial charge in [0.15, 0.2) is 9.84 Å². The first-order chi connectivity index (χ1) is 10.4. The van der Waals surface area contributed by atoms with Crippen LogP contribution < -0.4 is 5.73 Å². The minimum absolute atomic E-state index is 0.114. The second kappa shape index (κ2) is 5.48. The van der Waals surface area contributed by atoms with E-state index in [0.717, 1.165) is 11.1 Å². The van der Waals surface area contributed by atoms with Crippen molar-refractivity contribution in [3.05, 3.63) is 65.5 Å². The monoisotopic (exact) mass is 319 g/mol. The Balaban J connectivity index is 1.93. The molecular formula is C17H18FNO2S. The fourth-order valence-electron chi connectivity index (χ4n) is 3.05. The van der Waals surface area contributed by atoms with Crippen LogP contribution in [0.15, 0.2) is 53.4 Å². The lowest BCUT2D eigenvalue weighted by Crippen LogP contribution is -2.13. The Kier molecular flexibility index (Phi) is 3.78. The van der Waals surface area contributed by atoms with Gasteiger partial charge >= 0.3 is 0 Å². The van der Waals surface area contributed by atoms with E-state index in [1.54, 1.807) is 36.4 Å². The maximum Gasteiger partial charge on any atom is 0.182 e. The molecule has 1 aliphatic carbocycles. The fraction of sp³-hybridized carbons (Fsp3) is 0.294. The van der Waals surface area contributed by atoms with Crippen molar-refractivity contribution < 1.29 is 12.8 Å². The first-order valence-corrected chi connectivity index (χ1v) is 8.76. The zero-order chi connectivity index (χ0) is 15.9. The summed E-state index contributed by atoms with van der Waals surface area (Å²) in [5.74, 6) is -0.597. The highest BCUT2D eigenvalue weighted by Gasteiger charge is 2.57. The third-order valence-corrected chi connectivity index (χ3v) is 6.62. The van der Waals surface area contributed by atoms with Crippen molar-refractivity contribution in [2.24, 2.45) is 11.7 Å². The van der Waals surface area contributed by atoms with E-state index >= 15 is 0 Å². The van der Waals surface area contributed by atoms with Gasteiger partial charge in [-0.3, -0.25) is 0 Å². The lowest BCUT2D eigenvalue weighted by Gasteiger charge is -2.05. The molecule has 0 bridgehead atoms. The summed E-state index contributed by atoms with van der Waals surface area (Å²) in [5.41, 5.74) is 7.59. The molecule has 2 aromatic rings. The number of hydrogen-bond acceptors (Lipinski definition) is 3. The second-order valence-electron chi connectivity index (χ2n) is 5.80. The van der Waals surface area contributed by atoms with E-state index in [-0.39, 0.29) is 17.7 Å². The Morgan fingerprint density at radius 2 is 1.64 bits per heavy atom. The van der Waals surface area contributed by atoms with Crippen molar-refractivity contribution in [1.29, 1.82) is 0 Å². The minimum atomic E-state index is -3.43. The molecule has 3 nitrogen and oxygen atoms in total. The third kappa shape index (κ3) is 2.55. The zero-order valence-corrected chi connectivity index (χ0v) is 13.1. The lowest BCUT2D eigenvalue weighted by molar-refractivity contribution is 0.591. The largest absolute Gasteiger partial charge is 0.330 e. The van der Waals surface area contributed by atoms with Crippen LogP contribution in [0, 0.1) is 18.7 Å². The van der Waals surface area contributed by atoms with E-state index in [9.17, 15) is 12.8 Å². The van der Waals surface area contributed by atoms with E-state index in [1.807, 2.05) is 6.92 Å². The molecule has 1 aliphatic rings. The van der Waals surface area contributed by atoms with Gasteiger partial charge in [0.25, 0.3) is 0 Å². The highest BCUT2D eigenvalue weighted by atomic mass is 32.2. The third-order valence-electron chi connectivity index (χ3n) is 4.33. The molecule has 5 heteroatoms. The molecule has 116 valence electrons. The summed E-state index contributed by atoms with van der Waals surface area (Å²) in [7, 11) is -3.43. The highest BCUT2D eigenvalue weighted by Crippen LogP contribution is 2.53. The molecule has 0 aromatic heterocycles. The quantitative estimate of drug-likeness (QED) is 0.942. The van der Waals surface area contributed by atoms with Crippen LogP contribution in [0.1, 0.15) is 17.0 Å². The molecular weight excluding hydrogens is 301 g/mol. The smallest absolute Gasteiger partial charge is 0.182 e. The lowest BCUT2D eigenvalue weighted by atomic mass is 10.1.